The standard InChI is InChI=1S/C18H21N5O/c1-12-10-16(20-18(19-12)23-6-8-24-9-7-23)14-4-5-15-13(2)21-22(3)17(15)11-14/h4-5,10-11H,6-9H2,1-3H3. The third kappa shape index (κ3) is 2.63. The quantitative estimate of drug-likeness (QED) is 0.725. The van der Waals surface area contributed by atoms with Crippen molar-refractivity contribution in [2.75, 3.05) is 31.2 Å². The topological polar surface area (TPSA) is 56.1 Å². The highest BCUT2D eigenvalue weighted by atomic mass is 16.5. The van der Waals surface area contributed by atoms with Crippen molar-refractivity contribution in [1.82, 2.24) is 19.7 Å². The molecule has 124 valence electrons. The van der Waals surface area contributed by atoms with Crippen LogP contribution in [0.25, 0.3) is 22.2 Å². The number of anilines is 1. The van der Waals surface area contributed by atoms with Crippen LogP contribution >= 0.6 is 0 Å². The van der Waals surface area contributed by atoms with Crippen molar-refractivity contribution in [3.05, 3.63) is 35.7 Å². The van der Waals surface area contributed by atoms with Gasteiger partial charge < -0.3 is 9.64 Å². The Hall–Kier alpha value is -2.47. The molecule has 0 amide bonds. The van der Waals surface area contributed by atoms with Crippen molar-refractivity contribution < 1.29 is 4.74 Å². The molecule has 0 N–H and O–H groups in total. The first kappa shape index (κ1) is 15.1. The van der Waals surface area contributed by atoms with Gasteiger partial charge in [0.15, 0.2) is 0 Å². The lowest BCUT2D eigenvalue weighted by atomic mass is 10.1. The van der Waals surface area contributed by atoms with Crippen molar-refractivity contribution in [3.63, 3.8) is 0 Å². The molecule has 1 aliphatic rings. The van der Waals surface area contributed by atoms with Crippen LogP contribution in [0.4, 0.5) is 5.95 Å². The van der Waals surface area contributed by atoms with Gasteiger partial charge in [-0.25, -0.2) is 9.97 Å². The molecule has 6 nitrogen and oxygen atoms in total. The summed E-state index contributed by atoms with van der Waals surface area (Å²) in [6.07, 6.45) is 0. The van der Waals surface area contributed by atoms with Crippen molar-refractivity contribution in [2.45, 2.75) is 13.8 Å². The Morgan fingerprint density at radius 1 is 1.04 bits per heavy atom. The van der Waals surface area contributed by atoms with E-state index in [4.69, 9.17) is 9.72 Å². The SMILES string of the molecule is Cc1cc(-c2ccc3c(C)nn(C)c3c2)nc(N2CCOCC2)n1. The van der Waals surface area contributed by atoms with Gasteiger partial charge >= 0.3 is 0 Å². The average Bonchev–Trinajstić information content (AvgIpc) is 2.89. The number of aryl methyl sites for hydroxylation is 3. The molecule has 0 unspecified atom stereocenters. The van der Waals surface area contributed by atoms with Gasteiger partial charge in [0.2, 0.25) is 5.95 Å². The predicted octanol–water partition coefficient (Wildman–Crippen LogP) is 2.48. The minimum absolute atomic E-state index is 0.729. The van der Waals surface area contributed by atoms with Crippen LogP contribution in [-0.2, 0) is 11.8 Å². The Labute approximate surface area is 141 Å². The lowest BCUT2D eigenvalue weighted by Gasteiger charge is -2.27. The Kier molecular flexibility index (Phi) is 3.69. The van der Waals surface area contributed by atoms with Gasteiger partial charge in [-0.1, -0.05) is 12.1 Å². The van der Waals surface area contributed by atoms with Gasteiger partial charge in [0.25, 0.3) is 0 Å². The third-order valence-corrected chi connectivity index (χ3v) is 4.47. The van der Waals surface area contributed by atoms with Crippen molar-refractivity contribution >= 4 is 16.9 Å². The molecule has 1 fully saturated rings. The van der Waals surface area contributed by atoms with Gasteiger partial charge in [0.1, 0.15) is 0 Å². The van der Waals surface area contributed by atoms with Gasteiger partial charge in [-0.05, 0) is 26.0 Å². The minimum atomic E-state index is 0.729. The summed E-state index contributed by atoms with van der Waals surface area (Å²) in [6.45, 7) is 7.18. The summed E-state index contributed by atoms with van der Waals surface area (Å²) in [7, 11) is 1.98. The number of hydrogen-bond donors (Lipinski definition) is 0. The fourth-order valence-corrected chi connectivity index (χ4v) is 3.20. The Bertz CT molecular complexity index is 896. The second-order valence-electron chi connectivity index (χ2n) is 6.23. The zero-order valence-corrected chi connectivity index (χ0v) is 14.3. The van der Waals surface area contributed by atoms with Gasteiger partial charge in [-0.3, -0.25) is 4.68 Å². The molecular weight excluding hydrogens is 302 g/mol. The van der Waals surface area contributed by atoms with Crippen LogP contribution in [0.1, 0.15) is 11.4 Å². The highest BCUT2D eigenvalue weighted by Gasteiger charge is 2.16. The fourth-order valence-electron chi connectivity index (χ4n) is 3.20. The summed E-state index contributed by atoms with van der Waals surface area (Å²) in [6, 6.07) is 8.43. The van der Waals surface area contributed by atoms with E-state index in [0.717, 1.165) is 60.4 Å². The molecule has 4 rings (SSSR count). The monoisotopic (exact) mass is 323 g/mol. The first-order chi connectivity index (χ1) is 11.6. The van der Waals surface area contributed by atoms with Crippen LogP contribution in [-0.4, -0.2) is 46.1 Å². The van der Waals surface area contributed by atoms with Crippen LogP contribution in [0.15, 0.2) is 24.3 Å². The van der Waals surface area contributed by atoms with E-state index in [9.17, 15) is 0 Å². The number of hydrogen-bond acceptors (Lipinski definition) is 5. The number of benzene rings is 1. The first-order valence-corrected chi connectivity index (χ1v) is 8.24. The highest BCUT2D eigenvalue weighted by Crippen LogP contribution is 2.26. The van der Waals surface area contributed by atoms with Gasteiger partial charge in [0, 0.05) is 36.8 Å². The Balaban J connectivity index is 1.78. The fraction of sp³-hybridized carbons (Fsp3) is 0.389. The maximum atomic E-state index is 5.42. The van der Waals surface area contributed by atoms with E-state index in [-0.39, 0.29) is 0 Å². The molecule has 0 bridgehead atoms. The number of morpholine rings is 1. The molecule has 0 atom stereocenters. The molecule has 24 heavy (non-hydrogen) atoms. The molecule has 1 aromatic carbocycles. The molecule has 0 radical (unpaired) electrons. The van der Waals surface area contributed by atoms with E-state index in [2.05, 4.69) is 33.2 Å². The zero-order chi connectivity index (χ0) is 16.7. The first-order valence-electron chi connectivity index (χ1n) is 8.24. The number of ether oxygens (including phenoxy) is 1. The van der Waals surface area contributed by atoms with Gasteiger partial charge in [0.05, 0.1) is 30.1 Å². The van der Waals surface area contributed by atoms with E-state index in [1.165, 1.54) is 5.39 Å². The molecule has 3 heterocycles. The normalized spacial score (nSPS) is 15.2. The van der Waals surface area contributed by atoms with Crippen LogP contribution < -0.4 is 4.90 Å². The van der Waals surface area contributed by atoms with Crippen molar-refractivity contribution in [2.24, 2.45) is 7.05 Å². The van der Waals surface area contributed by atoms with E-state index >= 15 is 0 Å². The average molecular weight is 323 g/mol. The highest BCUT2D eigenvalue weighted by molar-refractivity contribution is 5.86. The summed E-state index contributed by atoms with van der Waals surface area (Å²) in [5, 5.41) is 5.68. The molecular formula is C18H21N5O. The summed E-state index contributed by atoms with van der Waals surface area (Å²) in [4.78, 5) is 11.6. The van der Waals surface area contributed by atoms with Gasteiger partial charge in [-0.2, -0.15) is 5.10 Å². The molecule has 0 spiro atoms. The molecule has 0 saturated carbocycles. The van der Waals surface area contributed by atoms with Crippen molar-refractivity contribution in [1.29, 1.82) is 0 Å². The number of fused-ring (bicyclic) bond motifs is 1. The minimum Gasteiger partial charge on any atom is -0.378 e. The lowest BCUT2D eigenvalue weighted by Crippen LogP contribution is -2.37. The third-order valence-electron chi connectivity index (χ3n) is 4.47. The summed E-state index contributed by atoms with van der Waals surface area (Å²) in [5.41, 5.74) is 5.18. The second-order valence-corrected chi connectivity index (χ2v) is 6.23. The smallest absolute Gasteiger partial charge is 0.226 e. The van der Waals surface area contributed by atoms with Crippen LogP contribution in [0.2, 0.25) is 0 Å². The van der Waals surface area contributed by atoms with Crippen molar-refractivity contribution in [3.8, 4) is 11.3 Å². The molecule has 2 aromatic heterocycles. The largest absolute Gasteiger partial charge is 0.378 e. The maximum absolute atomic E-state index is 5.42. The van der Waals surface area contributed by atoms with E-state index in [0.29, 0.717) is 0 Å². The molecule has 0 aliphatic carbocycles. The Morgan fingerprint density at radius 3 is 2.62 bits per heavy atom. The Morgan fingerprint density at radius 2 is 1.83 bits per heavy atom. The second kappa shape index (κ2) is 5.87. The summed E-state index contributed by atoms with van der Waals surface area (Å²) in [5.74, 6) is 0.787. The summed E-state index contributed by atoms with van der Waals surface area (Å²) < 4.78 is 7.34. The van der Waals surface area contributed by atoms with E-state index < -0.39 is 0 Å². The number of rotatable bonds is 2. The predicted molar refractivity (Wildman–Crippen MR) is 94.2 cm³/mol. The number of aromatic nitrogens is 4. The molecule has 1 aliphatic heterocycles. The van der Waals surface area contributed by atoms with Gasteiger partial charge in [-0.15, -0.1) is 0 Å². The molecule has 1 saturated heterocycles. The maximum Gasteiger partial charge on any atom is 0.226 e. The van der Waals surface area contributed by atoms with Crippen LogP contribution in [0.3, 0.4) is 0 Å². The van der Waals surface area contributed by atoms with E-state index in [1.807, 2.05) is 31.6 Å². The van der Waals surface area contributed by atoms with Crippen LogP contribution in [0.5, 0.6) is 0 Å². The lowest BCUT2D eigenvalue weighted by molar-refractivity contribution is 0.122. The molecule has 3 aromatic rings. The van der Waals surface area contributed by atoms with E-state index in [1.54, 1.807) is 0 Å². The van der Waals surface area contributed by atoms with Crippen LogP contribution in [0, 0.1) is 13.8 Å². The summed E-state index contributed by atoms with van der Waals surface area (Å²) >= 11 is 0. The zero-order valence-electron chi connectivity index (χ0n) is 14.3. The molecule has 6 heteroatoms. The number of nitrogens with zero attached hydrogens (tertiary/aromatic N) is 5.